The Morgan fingerprint density at radius 1 is 1.17 bits per heavy atom. The van der Waals surface area contributed by atoms with E-state index >= 15 is 0 Å². The van der Waals surface area contributed by atoms with Crippen LogP contribution in [0.15, 0.2) is 29.3 Å². The second kappa shape index (κ2) is 9.35. The van der Waals surface area contributed by atoms with Crippen molar-refractivity contribution in [2.75, 3.05) is 71.9 Å². The van der Waals surface area contributed by atoms with Gasteiger partial charge in [-0.25, -0.2) is 0 Å². The van der Waals surface area contributed by atoms with Crippen LogP contribution in [-0.2, 0) is 4.79 Å². The highest BCUT2D eigenvalue weighted by atomic mass is 16.2. The van der Waals surface area contributed by atoms with Crippen molar-refractivity contribution in [2.24, 2.45) is 4.99 Å². The first kappa shape index (κ1) is 21.1. The lowest BCUT2D eigenvalue weighted by molar-refractivity contribution is -0.127. The van der Waals surface area contributed by atoms with E-state index in [0.29, 0.717) is 17.9 Å². The van der Waals surface area contributed by atoms with Crippen LogP contribution >= 0.6 is 0 Å². The summed E-state index contributed by atoms with van der Waals surface area (Å²) in [5.41, 5.74) is 2.62. The second-order valence-corrected chi connectivity index (χ2v) is 8.96. The minimum atomic E-state index is 0.317. The Morgan fingerprint density at radius 2 is 2.00 bits per heavy atom. The number of hydrogen-bond acceptors (Lipinski definition) is 4. The lowest BCUT2D eigenvalue weighted by Gasteiger charge is -2.38. The predicted octanol–water partition coefficient (Wildman–Crippen LogP) is 1.42. The molecule has 0 radical (unpaired) electrons. The number of benzene rings is 1. The molecule has 2 atom stereocenters. The summed E-state index contributed by atoms with van der Waals surface area (Å²) in [4.78, 5) is 25.8. The van der Waals surface area contributed by atoms with Crippen LogP contribution in [0.25, 0.3) is 0 Å². The lowest BCUT2D eigenvalue weighted by Crippen LogP contribution is -2.55. The molecule has 0 saturated carbocycles. The molecule has 4 rings (SSSR count). The molecule has 2 unspecified atom stereocenters. The summed E-state index contributed by atoms with van der Waals surface area (Å²) >= 11 is 0. The largest absolute Gasteiger partial charge is 0.354 e. The smallest absolute Gasteiger partial charge is 0.222 e. The minimum absolute atomic E-state index is 0.317. The lowest BCUT2D eigenvalue weighted by atomic mass is 9.98. The van der Waals surface area contributed by atoms with Crippen molar-refractivity contribution in [1.82, 2.24) is 20.0 Å². The molecular formula is C23H36N6O. The van der Waals surface area contributed by atoms with E-state index in [1.807, 2.05) is 11.9 Å². The highest BCUT2D eigenvalue weighted by Gasteiger charge is 2.32. The number of hydrogen-bond donors (Lipinski definition) is 1. The maximum Gasteiger partial charge on any atom is 0.222 e. The molecule has 3 heterocycles. The van der Waals surface area contributed by atoms with Crippen molar-refractivity contribution >= 4 is 17.6 Å². The van der Waals surface area contributed by atoms with E-state index < -0.39 is 0 Å². The quantitative estimate of drug-likeness (QED) is 0.586. The topological polar surface area (TPSA) is 54.4 Å². The van der Waals surface area contributed by atoms with Crippen LogP contribution in [0.5, 0.6) is 0 Å². The number of carbonyl (C=O) groups is 1. The monoisotopic (exact) mass is 412 g/mol. The number of nitrogens with one attached hydrogen (secondary N) is 1. The summed E-state index contributed by atoms with van der Waals surface area (Å²) in [5, 5.41) is 3.64. The van der Waals surface area contributed by atoms with Gasteiger partial charge in [-0.15, -0.1) is 0 Å². The zero-order valence-electron chi connectivity index (χ0n) is 18.7. The minimum Gasteiger partial charge on any atom is -0.354 e. The van der Waals surface area contributed by atoms with E-state index in [1.54, 1.807) is 0 Å². The highest BCUT2D eigenvalue weighted by molar-refractivity contribution is 5.98. The first-order valence-corrected chi connectivity index (χ1v) is 11.3. The number of likely N-dealkylation sites (tertiary alicyclic amines) is 1. The van der Waals surface area contributed by atoms with E-state index in [4.69, 9.17) is 0 Å². The molecule has 1 N–H and O–H groups in total. The zero-order valence-corrected chi connectivity index (χ0v) is 18.7. The molecule has 30 heavy (non-hydrogen) atoms. The van der Waals surface area contributed by atoms with Gasteiger partial charge in [0.25, 0.3) is 0 Å². The van der Waals surface area contributed by atoms with E-state index in [2.05, 4.69) is 63.4 Å². The molecule has 0 aliphatic carbocycles. The molecule has 0 bridgehead atoms. The number of para-hydroxylation sites is 1. The van der Waals surface area contributed by atoms with Crippen LogP contribution in [0.2, 0.25) is 0 Å². The summed E-state index contributed by atoms with van der Waals surface area (Å²) in [7, 11) is 6.28. The maximum absolute atomic E-state index is 12.0. The molecule has 7 heteroatoms. The van der Waals surface area contributed by atoms with Crippen LogP contribution in [0, 0.1) is 0 Å². The fourth-order valence-electron chi connectivity index (χ4n) is 5.02. The van der Waals surface area contributed by atoms with Gasteiger partial charge in [0.15, 0.2) is 5.96 Å². The highest BCUT2D eigenvalue weighted by Crippen LogP contribution is 2.38. The van der Waals surface area contributed by atoms with Crippen molar-refractivity contribution in [2.45, 2.75) is 31.2 Å². The summed E-state index contributed by atoms with van der Waals surface area (Å²) in [6.45, 7) is 6.89. The zero-order chi connectivity index (χ0) is 21.1. The first-order chi connectivity index (χ1) is 14.6. The summed E-state index contributed by atoms with van der Waals surface area (Å²) in [5.74, 6) is 1.69. The Balaban J connectivity index is 1.41. The Hall–Kier alpha value is -2.12. The fourth-order valence-corrected chi connectivity index (χ4v) is 5.02. The number of guanidine groups is 1. The van der Waals surface area contributed by atoms with Gasteiger partial charge < -0.3 is 20.0 Å². The van der Waals surface area contributed by atoms with E-state index in [9.17, 15) is 4.79 Å². The Labute approximate surface area is 180 Å². The molecule has 3 aliphatic heterocycles. The standard InChI is InChI=1S/C23H36N6O/c1-24-23(25-15-19-17-26(2)13-14-27(19)3)29-16-18(20-7-4-5-8-21(20)29)10-12-28-11-6-9-22(28)30/h4-5,7-8,18-19H,6,9-17H2,1-3H3,(H,24,25). The molecule has 1 amide bonds. The molecule has 0 spiro atoms. The summed E-state index contributed by atoms with van der Waals surface area (Å²) < 4.78 is 0. The molecule has 3 aliphatic rings. The van der Waals surface area contributed by atoms with Gasteiger partial charge in [0.05, 0.1) is 0 Å². The third kappa shape index (κ3) is 4.47. The number of piperazine rings is 1. The van der Waals surface area contributed by atoms with Crippen molar-refractivity contribution in [3.8, 4) is 0 Å². The molecular weight excluding hydrogens is 376 g/mol. The van der Waals surface area contributed by atoms with E-state index in [0.717, 1.165) is 71.0 Å². The second-order valence-electron chi connectivity index (χ2n) is 8.96. The number of likely N-dealkylation sites (N-methyl/N-ethyl adjacent to an activating group) is 2. The van der Waals surface area contributed by atoms with Crippen molar-refractivity contribution in [3.05, 3.63) is 29.8 Å². The summed E-state index contributed by atoms with van der Waals surface area (Å²) in [6, 6.07) is 9.15. The maximum atomic E-state index is 12.0. The normalized spacial score (nSPS) is 25.8. The van der Waals surface area contributed by atoms with Crippen LogP contribution in [-0.4, -0.2) is 99.6 Å². The van der Waals surface area contributed by atoms with Crippen molar-refractivity contribution in [1.29, 1.82) is 0 Å². The van der Waals surface area contributed by atoms with Gasteiger partial charge in [0, 0.05) is 76.9 Å². The van der Waals surface area contributed by atoms with Crippen molar-refractivity contribution < 1.29 is 4.79 Å². The van der Waals surface area contributed by atoms with Gasteiger partial charge in [-0.2, -0.15) is 0 Å². The number of anilines is 1. The SMILES string of the molecule is CN=C(NCC1CN(C)CCN1C)N1CC(CCN2CCCC2=O)c2ccccc21. The predicted molar refractivity (Wildman–Crippen MR) is 122 cm³/mol. The number of amides is 1. The van der Waals surface area contributed by atoms with Gasteiger partial charge in [0.2, 0.25) is 5.91 Å². The van der Waals surface area contributed by atoms with Gasteiger partial charge in [-0.05, 0) is 38.6 Å². The first-order valence-electron chi connectivity index (χ1n) is 11.3. The third-order valence-electron chi connectivity index (χ3n) is 6.93. The average Bonchev–Trinajstić information content (AvgIpc) is 3.33. The number of nitrogens with zero attached hydrogens (tertiary/aromatic N) is 5. The third-order valence-corrected chi connectivity index (χ3v) is 6.93. The van der Waals surface area contributed by atoms with Crippen LogP contribution in [0.1, 0.15) is 30.7 Å². The Kier molecular flexibility index (Phi) is 6.58. The van der Waals surface area contributed by atoms with Gasteiger partial charge in [-0.1, -0.05) is 18.2 Å². The molecule has 2 saturated heterocycles. The Morgan fingerprint density at radius 3 is 2.77 bits per heavy atom. The molecule has 1 aromatic rings. The van der Waals surface area contributed by atoms with Gasteiger partial charge >= 0.3 is 0 Å². The number of fused-ring (bicyclic) bond motifs is 1. The van der Waals surface area contributed by atoms with E-state index in [-0.39, 0.29) is 0 Å². The Bertz CT molecular complexity index is 781. The fraction of sp³-hybridized carbons (Fsp3) is 0.652. The van der Waals surface area contributed by atoms with Crippen LogP contribution in [0.4, 0.5) is 5.69 Å². The molecule has 2 fully saturated rings. The molecule has 7 nitrogen and oxygen atoms in total. The summed E-state index contributed by atoms with van der Waals surface area (Å²) in [6.07, 6.45) is 2.73. The molecule has 164 valence electrons. The van der Waals surface area contributed by atoms with Crippen LogP contribution in [0.3, 0.4) is 0 Å². The average molecular weight is 413 g/mol. The van der Waals surface area contributed by atoms with Gasteiger partial charge in [0.1, 0.15) is 0 Å². The number of carbonyl (C=O) groups excluding carboxylic acids is 1. The number of aliphatic imine (C=N–C) groups is 1. The molecule has 1 aromatic carbocycles. The molecule has 0 aromatic heterocycles. The van der Waals surface area contributed by atoms with Crippen molar-refractivity contribution in [3.63, 3.8) is 0 Å². The van der Waals surface area contributed by atoms with E-state index in [1.165, 1.54) is 11.3 Å². The van der Waals surface area contributed by atoms with Crippen LogP contribution < -0.4 is 10.2 Å². The number of rotatable bonds is 5. The van der Waals surface area contributed by atoms with Gasteiger partial charge in [-0.3, -0.25) is 14.7 Å².